The molecule has 1 amide bonds. The van der Waals surface area contributed by atoms with Crippen molar-refractivity contribution < 1.29 is 19.0 Å². The zero-order chi connectivity index (χ0) is 14.1. The second-order valence-electron chi connectivity index (χ2n) is 4.53. The summed E-state index contributed by atoms with van der Waals surface area (Å²) < 4.78 is 15.9. The van der Waals surface area contributed by atoms with Crippen LogP contribution in [0.15, 0.2) is 0 Å². The molecule has 1 rings (SSSR count). The quantitative estimate of drug-likeness (QED) is 0.592. The fourth-order valence-electron chi connectivity index (χ4n) is 2.03. The molecule has 0 saturated carbocycles. The van der Waals surface area contributed by atoms with Gasteiger partial charge in [-0.05, 0) is 13.8 Å². The number of carbonyl (C=O) groups is 1. The van der Waals surface area contributed by atoms with Crippen molar-refractivity contribution in [2.45, 2.75) is 19.9 Å². The number of ether oxygens (including phenoxy) is 3. The van der Waals surface area contributed by atoms with Crippen LogP contribution in [0, 0.1) is 5.92 Å². The Morgan fingerprint density at radius 1 is 1.21 bits per heavy atom. The highest BCUT2D eigenvalue weighted by atomic mass is 16.5. The van der Waals surface area contributed by atoms with Crippen molar-refractivity contribution in [1.82, 2.24) is 4.90 Å². The van der Waals surface area contributed by atoms with Crippen LogP contribution in [-0.2, 0) is 19.0 Å². The molecule has 0 radical (unpaired) electrons. The predicted octanol–water partition coefficient (Wildman–Crippen LogP) is -0.138. The molecule has 1 saturated heterocycles. The van der Waals surface area contributed by atoms with Crippen LogP contribution >= 0.6 is 0 Å². The van der Waals surface area contributed by atoms with Crippen molar-refractivity contribution in [3.05, 3.63) is 0 Å². The van der Waals surface area contributed by atoms with E-state index in [1.165, 1.54) is 0 Å². The third-order valence-corrected chi connectivity index (χ3v) is 3.17. The summed E-state index contributed by atoms with van der Waals surface area (Å²) in [6.07, 6.45) is 0. The van der Waals surface area contributed by atoms with Gasteiger partial charge in [0.15, 0.2) is 0 Å². The number of nitrogens with zero attached hydrogens (tertiary/aromatic N) is 1. The van der Waals surface area contributed by atoms with E-state index in [2.05, 4.69) is 0 Å². The molecule has 112 valence electrons. The highest BCUT2D eigenvalue weighted by Gasteiger charge is 2.34. The van der Waals surface area contributed by atoms with E-state index in [0.29, 0.717) is 52.7 Å². The first-order chi connectivity index (χ1) is 9.20. The number of carbonyl (C=O) groups excluding carboxylic acids is 1. The molecule has 0 aromatic rings. The summed E-state index contributed by atoms with van der Waals surface area (Å²) in [5, 5.41) is 0. The Hall–Kier alpha value is -0.690. The van der Waals surface area contributed by atoms with Gasteiger partial charge in [0.25, 0.3) is 0 Å². The van der Waals surface area contributed by atoms with Crippen molar-refractivity contribution in [2.24, 2.45) is 11.7 Å². The van der Waals surface area contributed by atoms with Gasteiger partial charge in [-0.1, -0.05) is 0 Å². The van der Waals surface area contributed by atoms with Crippen LogP contribution in [0.5, 0.6) is 0 Å². The lowest BCUT2D eigenvalue weighted by atomic mass is 10.0. The average Bonchev–Trinajstić information content (AvgIpc) is 2.83. The van der Waals surface area contributed by atoms with Crippen LogP contribution in [0.4, 0.5) is 0 Å². The fourth-order valence-corrected chi connectivity index (χ4v) is 2.03. The van der Waals surface area contributed by atoms with E-state index in [4.69, 9.17) is 19.9 Å². The first kappa shape index (κ1) is 16.4. The van der Waals surface area contributed by atoms with Crippen molar-refractivity contribution in [2.75, 3.05) is 52.7 Å². The first-order valence-corrected chi connectivity index (χ1v) is 6.98. The summed E-state index contributed by atoms with van der Waals surface area (Å²) in [4.78, 5) is 14.2. The minimum Gasteiger partial charge on any atom is -0.380 e. The van der Waals surface area contributed by atoms with E-state index in [1.54, 1.807) is 4.90 Å². The summed E-state index contributed by atoms with van der Waals surface area (Å²) >= 11 is 0. The first-order valence-electron chi connectivity index (χ1n) is 6.98. The maximum absolute atomic E-state index is 12.4. The molecule has 1 fully saturated rings. The number of rotatable bonds is 9. The normalized spacial score (nSPS) is 22.7. The number of nitrogens with two attached hydrogens (primary N) is 1. The summed E-state index contributed by atoms with van der Waals surface area (Å²) in [5.74, 6) is -0.187. The molecule has 1 aliphatic rings. The van der Waals surface area contributed by atoms with E-state index < -0.39 is 0 Å². The molecule has 2 atom stereocenters. The van der Waals surface area contributed by atoms with Gasteiger partial charge in [0.05, 0.1) is 32.3 Å². The minimum atomic E-state index is -0.233. The Morgan fingerprint density at radius 2 is 1.79 bits per heavy atom. The van der Waals surface area contributed by atoms with Crippen molar-refractivity contribution >= 4 is 5.91 Å². The predicted molar refractivity (Wildman–Crippen MR) is 71.9 cm³/mol. The van der Waals surface area contributed by atoms with E-state index >= 15 is 0 Å². The highest BCUT2D eigenvalue weighted by Crippen LogP contribution is 2.15. The van der Waals surface area contributed by atoms with Gasteiger partial charge in [0.1, 0.15) is 0 Å². The maximum Gasteiger partial charge on any atom is 0.229 e. The van der Waals surface area contributed by atoms with Crippen molar-refractivity contribution in [3.63, 3.8) is 0 Å². The molecule has 0 bridgehead atoms. The van der Waals surface area contributed by atoms with Gasteiger partial charge in [-0.2, -0.15) is 0 Å². The molecule has 1 heterocycles. The molecule has 6 nitrogen and oxygen atoms in total. The topological polar surface area (TPSA) is 74.0 Å². The molecule has 2 N–H and O–H groups in total. The Labute approximate surface area is 115 Å². The molecule has 0 aliphatic carbocycles. The smallest absolute Gasteiger partial charge is 0.229 e. The molecule has 6 heteroatoms. The summed E-state index contributed by atoms with van der Waals surface area (Å²) in [5.41, 5.74) is 5.89. The van der Waals surface area contributed by atoms with Gasteiger partial charge < -0.3 is 24.8 Å². The molecule has 19 heavy (non-hydrogen) atoms. The van der Waals surface area contributed by atoms with Gasteiger partial charge in [-0.3, -0.25) is 4.79 Å². The van der Waals surface area contributed by atoms with Crippen molar-refractivity contribution in [1.29, 1.82) is 0 Å². The Bertz CT molecular complexity index is 253. The number of hydrogen-bond acceptors (Lipinski definition) is 5. The molecular formula is C13H26N2O4. The SMILES string of the molecule is CCOCCN(CCOCC)C(=O)C1COCC1N. The lowest BCUT2D eigenvalue weighted by molar-refractivity contribution is -0.137. The summed E-state index contributed by atoms with van der Waals surface area (Å²) in [7, 11) is 0. The zero-order valence-electron chi connectivity index (χ0n) is 12.0. The van der Waals surface area contributed by atoms with Gasteiger partial charge >= 0.3 is 0 Å². The van der Waals surface area contributed by atoms with E-state index in [-0.39, 0.29) is 17.9 Å². The number of amides is 1. The monoisotopic (exact) mass is 274 g/mol. The Balaban J connectivity index is 2.47. The lowest BCUT2D eigenvalue weighted by Crippen LogP contribution is -2.46. The second-order valence-corrected chi connectivity index (χ2v) is 4.53. The van der Waals surface area contributed by atoms with Crippen LogP contribution in [-0.4, -0.2) is 69.6 Å². The molecule has 0 spiro atoms. The standard InChI is InChI=1S/C13H26N2O4/c1-3-17-7-5-15(6-8-18-4-2)13(16)11-9-19-10-12(11)14/h11-12H,3-10,14H2,1-2H3. The highest BCUT2D eigenvalue weighted by molar-refractivity contribution is 5.80. The molecule has 0 aromatic carbocycles. The van der Waals surface area contributed by atoms with Gasteiger partial charge in [0.2, 0.25) is 5.91 Å². The van der Waals surface area contributed by atoms with Crippen LogP contribution in [0.25, 0.3) is 0 Å². The van der Waals surface area contributed by atoms with Crippen LogP contribution in [0.2, 0.25) is 0 Å². The fraction of sp³-hybridized carbons (Fsp3) is 0.923. The summed E-state index contributed by atoms with van der Waals surface area (Å²) in [6, 6.07) is -0.200. The van der Waals surface area contributed by atoms with E-state index in [1.807, 2.05) is 13.8 Å². The zero-order valence-corrected chi connectivity index (χ0v) is 12.0. The Morgan fingerprint density at radius 3 is 2.21 bits per heavy atom. The van der Waals surface area contributed by atoms with Gasteiger partial charge in [-0.25, -0.2) is 0 Å². The molecule has 2 unspecified atom stereocenters. The maximum atomic E-state index is 12.4. The molecule has 0 aromatic heterocycles. The lowest BCUT2D eigenvalue weighted by Gasteiger charge is -2.26. The largest absolute Gasteiger partial charge is 0.380 e. The van der Waals surface area contributed by atoms with Crippen molar-refractivity contribution in [3.8, 4) is 0 Å². The number of hydrogen-bond donors (Lipinski definition) is 1. The van der Waals surface area contributed by atoms with E-state index in [9.17, 15) is 4.79 Å². The molecular weight excluding hydrogens is 248 g/mol. The summed E-state index contributed by atoms with van der Waals surface area (Å²) in [6.45, 7) is 8.28. The van der Waals surface area contributed by atoms with Crippen LogP contribution in [0.3, 0.4) is 0 Å². The third-order valence-electron chi connectivity index (χ3n) is 3.17. The molecule has 1 aliphatic heterocycles. The Kier molecular flexibility index (Phi) is 7.97. The average molecular weight is 274 g/mol. The minimum absolute atomic E-state index is 0.0457. The van der Waals surface area contributed by atoms with E-state index in [0.717, 1.165) is 0 Å². The van der Waals surface area contributed by atoms with Gasteiger partial charge in [0, 0.05) is 32.3 Å². The van der Waals surface area contributed by atoms with Crippen LogP contribution < -0.4 is 5.73 Å². The second kappa shape index (κ2) is 9.25. The van der Waals surface area contributed by atoms with Crippen LogP contribution in [0.1, 0.15) is 13.8 Å². The van der Waals surface area contributed by atoms with Gasteiger partial charge in [-0.15, -0.1) is 0 Å². The third kappa shape index (κ3) is 5.44.